The maximum atomic E-state index is 13.4. The number of hydrogen-bond acceptors (Lipinski definition) is 7. The second-order valence-corrected chi connectivity index (χ2v) is 8.54. The van der Waals surface area contributed by atoms with Crippen molar-refractivity contribution in [2.45, 2.75) is 26.4 Å². The van der Waals surface area contributed by atoms with Crippen LogP contribution in [-0.2, 0) is 11.3 Å². The number of rotatable bonds is 9. The smallest absolute Gasteiger partial charge is 0.289 e. The molecule has 4 rings (SSSR count). The number of morpholine rings is 1. The monoisotopic (exact) mass is 452 g/mol. The lowest BCUT2D eigenvalue weighted by molar-refractivity contribution is 0.0316. The summed E-state index contributed by atoms with van der Waals surface area (Å²) in [6.45, 7) is 9.06. The fourth-order valence-electron chi connectivity index (χ4n) is 3.86. The first-order valence-electron chi connectivity index (χ1n) is 11.4. The van der Waals surface area contributed by atoms with E-state index >= 15 is 0 Å². The van der Waals surface area contributed by atoms with Crippen LogP contribution in [-0.4, -0.2) is 73.3 Å². The molecule has 1 fully saturated rings. The fourth-order valence-corrected chi connectivity index (χ4v) is 3.86. The maximum absolute atomic E-state index is 13.4. The summed E-state index contributed by atoms with van der Waals surface area (Å²) >= 11 is 0. The van der Waals surface area contributed by atoms with Gasteiger partial charge in [0.1, 0.15) is 5.69 Å². The van der Waals surface area contributed by atoms with E-state index in [9.17, 15) is 4.79 Å². The van der Waals surface area contributed by atoms with Crippen molar-refractivity contribution >= 4 is 11.8 Å². The van der Waals surface area contributed by atoms with Crippen molar-refractivity contribution in [2.24, 2.45) is 0 Å². The van der Waals surface area contributed by atoms with Crippen LogP contribution in [0.4, 0.5) is 5.88 Å². The molecular formula is C25H32N4O4. The highest BCUT2D eigenvalue weighted by atomic mass is 16.5. The SMILES string of the molecule is CC(C)N(C)c1onc(-c2ccccc2)c1CN(CCN1CCOCC1)C(=O)c1ccco1. The molecule has 8 nitrogen and oxygen atoms in total. The van der Waals surface area contributed by atoms with E-state index in [0.29, 0.717) is 24.7 Å². The van der Waals surface area contributed by atoms with Crippen LogP contribution in [0.3, 0.4) is 0 Å². The van der Waals surface area contributed by atoms with Crippen LogP contribution in [0.25, 0.3) is 11.3 Å². The molecule has 8 heteroatoms. The number of nitrogens with zero attached hydrogens (tertiary/aromatic N) is 4. The molecule has 1 aromatic carbocycles. The predicted molar refractivity (Wildman–Crippen MR) is 126 cm³/mol. The average Bonchev–Trinajstić information content (AvgIpc) is 3.52. The molecule has 1 aliphatic rings. The van der Waals surface area contributed by atoms with Crippen LogP contribution in [0.15, 0.2) is 57.7 Å². The Balaban J connectivity index is 1.66. The average molecular weight is 453 g/mol. The number of carbonyl (C=O) groups excluding carboxylic acids is 1. The van der Waals surface area contributed by atoms with Crippen LogP contribution in [0, 0.1) is 0 Å². The molecule has 0 spiro atoms. The normalized spacial score (nSPS) is 14.5. The number of benzene rings is 1. The molecule has 1 saturated heterocycles. The van der Waals surface area contributed by atoms with Gasteiger partial charge in [-0.15, -0.1) is 0 Å². The van der Waals surface area contributed by atoms with E-state index in [4.69, 9.17) is 13.7 Å². The van der Waals surface area contributed by atoms with E-state index in [1.807, 2.05) is 47.2 Å². The van der Waals surface area contributed by atoms with Crippen molar-refractivity contribution < 1.29 is 18.5 Å². The van der Waals surface area contributed by atoms with E-state index in [-0.39, 0.29) is 11.9 Å². The number of hydrogen-bond donors (Lipinski definition) is 0. The minimum atomic E-state index is -0.147. The Morgan fingerprint density at radius 3 is 2.55 bits per heavy atom. The lowest BCUT2D eigenvalue weighted by Gasteiger charge is -2.30. The first-order valence-corrected chi connectivity index (χ1v) is 11.4. The van der Waals surface area contributed by atoms with E-state index < -0.39 is 0 Å². The van der Waals surface area contributed by atoms with Crippen molar-refractivity contribution in [2.75, 3.05) is 51.3 Å². The van der Waals surface area contributed by atoms with Gasteiger partial charge in [-0.3, -0.25) is 9.69 Å². The number of ether oxygens (including phenoxy) is 1. The van der Waals surface area contributed by atoms with Gasteiger partial charge in [-0.25, -0.2) is 0 Å². The van der Waals surface area contributed by atoms with Crippen LogP contribution >= 0.6 is 0 Å². The van der Waals surface area contributed by atoms with Gasteiger partial charge in [0.25, 0.3) is 5.91 Å². The molecular weight excluding hydrogens is 420 g/mol. The number of aromatic nitrogens is 1. The third-order valence-corrected chi connectivity index (χ3v) is 6.07. The van der Waals surface area contributed by atoms with Gasteiger partial charge in [0, 0.05) is 44.8 Å². The Kier molecular flexibility index (Phi) is 7.47. The van der Waals surface area contributed by atoms with E-state index in [0.717, 1.165) is 49.7 Å². The standard InChI is InChI=1S/C25H32N4O4/c1-19(2)27(3)25-21(23(26-33-25)20-8-5-4-6-9-20)18-29(24(30)22-10-7-15-32-22)12-11-28-13-16-31-17-14-28/h4-10,15,19H,11-14,16-18H2,1-3H3. The zero-order valence-corrected chi connectivity index (χ0v) is 19.6. The van der Waals surface area contributed by atoms with Gasteiger partial charge in [0.05, 0.1) is 31.6 Å². The Labute approximate surface area is 194 Å². The van der Waals surface area contributed by atoms with Crippen LogP contribution in [0.1, 0.15) is 30.0 Å². The Bertz CT molecular complexity index is 1010. The van der Waals surface area contributed by atoms with Crippen molar-refractivity contribution in [3.63, 3.8) is 0 Å². The van der Waals surface area contributed by atoms with Crippen molar-refractivity contribution in [3.8, 4) is 11.3 Å². The summed E-state index contributed by atoms with van der Waals surface area (Å²) in [6.07, 6.45) is 1.53. The largest absolute Gasteiger partial charge is 0.459 e. The van der Waals surface area contributed by atoms with Crippen molar-refractivity contribution in [3.05, 3.63) is 60.1 Å². The van der Waals surface area contributed by atoms with Gasteiger partial charge in [0.2, 0.25) is 5.88 Å². The lowest BCUT2D eigenvalue weighted by atomic mass is 10.1. The molecule has 3 aromatic rings. The molecule has 0 saturated carbocycles. The van der Waals surface area contributed by atoms with Crippen molar-refractivity contribution in [1.29, 1.82) is 0 Å². The molecule has 0 radical (unpaired) electrons. The highest BCUT2D eigenvalue weighted by molar-refractivity contribution is 5.91. The molecule has 0 aliphatic carbocycles. The van der Waals surface area contributed by atoms with Gasteiger partial charge in [0.15, 0.2) is 5.76 Å². The zero-order valence-electron chi connectivity index (χ0n) is 19.6. The van der Waals surface area contributed by atoms with E-state index in [2.05, 4.69) is 23.9 Å². The quantitative estimate of drug-likeness (QED) is 0.489. The minimum absolute atomic E-state index is 0.147. The number of furan rings is 1. The third-order valence-electron chi connectivity index (χ3n) is 6.07. The maximum Gasteiger partial charge on any atom is 0.289 e. The van der Waals surface area contributed by atoms with Gasteiger partial charge >= 0.3 is 0 Å². The molecule has 1 amide bonds. The second kappa shape index (κ2) is 10.7. The topological polar surface area (TPSA) is 75.2 Å². The van der Waals surface area contributed by atoms with Gasteiger partial charge in [-0.05, 0) is 26.0 Å². The van der Waals surface area contributed by atoms with E-state index in [1.54, 1.807) is 12.1 Å². The highest BCUT2D eigenvalue weighted by Crippen LogP contribution is 2.33. The molecule has 2 aromatic heterocycles. The Morgan fingerprint density at radius 2 is 1.88 bits per heavy atom. The van der Waals surface area contributed by atoms with Crippen LogP contribution in [0.5, 0.6) is 0 Å². The Morgan fingerprint density at radius 1 is 1.12 bits per heavy atom. The molecule has 0 atom stereocenters. The van der Waals surface area contributed by atoms with Gasteiger partial charge in [-0.1, -0.05) is 35.5 Å². The van der Waals surface area contributed by atoms with Gasteiger partial charge in [-0.2, -0.15) is 0 Å². The minimum Gasteiger partial charge on any atom is -0.459 e. The summed E-state index contributed by atoms with van der Waals surface area (Å²) in [5.41, 5.74) is 2.60. The highest BCUT2D eigenvalue weighted by Gasteiger charge is 2.27. The molecule has 0 unspecified atom stereocenters. The Hall–Kier alpha value is -3.10. The predicted octanol–water partition coefficient (Wildman–Crippen LogP) is 3.75. The van der Waals surface area contributed by atoms with Crippen molar-refractivity contribution in [1.82, 2.24) is 15.0 Å². The molecule has 176 valence electrons. The second-order valence-electron chi connectivity index (χ2n) is 8.54. The summed E-state index contributed by atoms with van der Waals surface area (Å²) in [6, 6.07) is 13.6. The first-order chi connectivity index (χ1) is 16.0. The summed E-state index contributed by atoms with van der Waals surface area (Å²) in [5, 5.41) is 4.41. The zero-order chi connectivity index (χ0) is 23.2. The molecule has 1 aliphatic heterocycles. The van der Waals surface area contributed by atoms with Gasteiger partial charge < -0.3 is 23.5 Å². The number of carbonyl (C=O) groups is 1. The number of anilines is 1. The molecule has 3 heterocycles. The fraction of sp³-hybridized carbons (Fsp3) is 0.440. The summed E-state index contributed by atoms with van der Waals surface area (Å²) in [5.74, 6) is 0.854. The van der Waals surface area contributed by atoms with Crippen LogP contribution < -0.4 is 4.90 Å². The summed E-state index contributed by atoms with van der Waals surface area (Å²) < 4.78 is 16.7. The molecule has 0 bridgehead atoms. The molecule has 0 N–H and O–H groups in total. The van der Waals surface area contributed by atoms with Crippen LogP contribution in [0.2, 0.25) is 0 Å². The summed E-state index contributed by atoms with van der Waals surface area (Å²) in [4.78, 5) is 19.6. The van der Waals surface area contributed by atoms with E-state index in [1.165, 1.54) is 6.26 Å². The lowest BCUT2D eigenvalue weighted by Crippen LogP contribution is -2.43. The molecule has 33 heavy (non-hydrogen) atoms. The summed E-state index contributed by atoms with van der Waals surface area (Å²) in [7, 11) is 1.98. The number of amides is 1. The third kappa shape index (κ3) is 5.46. The first kappa shape index (κ1) is 23.1.